The molecule has 0 aliphatic heterocycles. The summed E-state index contributed by atoms with van der Waals surface area (Å²) in [5, 5.41) is 0. The summed E-state index contributed by atoms with van der Waals surface area (Å²) in [6.07, 6.45) is 9.73. The van der Waals surface area contributed by atoms with Gasteiger partial charge in [0.2, 0.25) is 0 Å². The van der Waals surface area contributed by atoms with E-state index in [0.717, 1.165) is 19.3 Å². The van der Waals surface area contributed by atoms with E-state index in [-0.39, 0.29) is 0 Å². The molecule has 1 nitrogen and oxygen atoms in total. The van der Waals surface area contributed by atoms with Crippen LogP contribution in [-0.4, -0.2) is 0 Å². The number of nitrogens with zero attached hydrogens (tertiary/aromatic N) is 1. The Hall–Kier alpha value is -3.32. The Bertz CT molecular complexity index is 1170. The first-order valence-electron chi connectivity index (χ1n) is 13.7. The zero-order chi connectivity index (χ0) is 25.2. The van der Waals surface area contributed by atoms with Gasteiger partial charge in [-0.2, -0.15) is 0 Å². The molecule has 0 spiro atoms. The zero-order valence-electron chi connectivity index (χ0n) is 22.3. The Labute approximate surface area is 218 Å². The Balaban J connectivity index is 1.44. The predicted octanol–water partition coefficient (Wildman–Crippen LogP) is 10.1. The van der Waals surface area contributed by atoms with Crippen molar-refractivity contribution >= 4 is 17.1 Å². The van der Waals surface area contributed by atoms with E-state index < -0.39 is 0 Å². The minimum absolute atomic E-state index is 1.13. The molecule has 0 radical (unpaired) electrons. The Morgan fingerprint density at radius 3 is 1.11 bits per heavy atom. The van der Waals surface area contributed by atoms with Crippen LogP contribution in [0.25, 0.3) is 0 Å². The second kappa shape index (κ2) is 13.1. The molecule has 0 saturated carbocycles. The lowest BCUT2D eigenvalue weighted by atomic mass is 10.0. The fourth-order valence-electron chi connectivity index (χ4n) is 4.76. The largest absolute Gasteiger partial charge is 0.311 e. The highest BCUT2D eigenvalue weighted by molar-refractivity contribution is 5.76. The summed E-state index contributed by atoms with van der Waals surface area (Å²) in [6.45, 7) is 6.56. The van der Waals surface area contributed by atoms with E-state index in [1.807, 2.05) is 0 Å². The number of anilines is 3. The standard InChI is InChI=1S/C35H41N/c1-4-5-6-9-31-18-24-34(25-19-31)36(33-22-14-29(3)15-23-33)35-26-20-32(21-27-35)11-8-7-10-30-16-12-28(2)13-17-30/h12-27H,4-11H2,1-3H3. The summed E-state index contributed by atoms with van der Waals surface area (Å²) in [6, 6.07) is 36.1. The minimum Gasteiger partial charge on any atom is -0.311 e. The normalized spacial score (nSPS) is 11.0. The first kappa shape index (κ1) is 25.8. The fourth-order valence-corrected chi connectivity index (χ4v) is 4.76. The summed E-state index contributed by atoms with van der Waals surface area (Å²) >= 11 is 0. The predicted molar refractivity (Wildman–Crippen MR) is 157 cm³/mol. The first-order chi connectivity index (χ1) is 17.6. The quantitative estimate of drug-likeness (QED) is 0.184. The van der Waals surface area contributed by atoms with Crippen LogP contribution < -0.4 is 4.90 Å². The molecule has 0 fully saturated rings. The SMILES string of the molecule is CCCCCc1ccc(N(c2ccc(C)cc2)c2ccc(CCCCc3ccc(C)cc3)cc2)cc1. The molecule has 0 amide bonds. The van der Waals surface area contributed by atoms with Crippen molar-refractivity contribution in [3.8, 4) is 0 Å². The average molecular weight is 476 g/mol. The molecule has 0 heterocycles. The van der Waals surface area contributed by atoms with Crippen molar-refractivity contribution in [2.75, 3.05) is 4.90 Å². The third kappa shape index (κ3) is 7.34. The van der Waals surface area contributed by atoms with Gasteiger partial charge >= 0.3 is 0 Å². The van der Waals surface area contributed by atoms with Crippen LogP contribution in [0.5, 0.6) is 0 Å². The van der Waals surface area contributed by atoms with E-state index in [1.165, 1.54) is 77.0 Å². The van der Waals surface area contributed by atoms with Crippen molar-refractivity contribution < 1.29 is 0 Å². The third-order valence-corrected chi connectivity index (χ3v) is 7.05. The first-order valence-corrected chi connectivity index (χ1v) is 13.7. The van der Waals surface area contributed by atoms with Crippen LogP contribution in [0.4, 0.5) is 17.1 Å². The highest BCUT2D eigenvalue weighted by Gasteiger charge is 2.12. The van der Waals surface area contributed by atoms with Gasteiger partial charge in [0.05, 0.1) is 0 Å². The number of hydrogen-bond acceptors (Lipinski definition) is 1. The smallest absolute Gasteiger partial charge is 0.0461 e. The number of benzene rings is 4. The molecule has 0 atom stereocenters. The molecule has 1 heteroatoms. The van der Waals surface area contributed by atoms with Crippen LogP contribution in [-0.2, 0) is 19.3 Å². The van der Waals surface area contributed by atoms with Crippen LogP contribution in [0.2, 0.25) is 0 Å². The van der Waals surface area contributed by atoms with Gasteiger partial charge in [-0.15, -0.1) is 0 Å². The topological polar surface area (TPSA) is 3.24 Å². The Kier molecular flexibility index (Phi) is 9.39. The second-order valence-corrected chi connectivity index (χ2v) is 10.2. The van der Waals surface area contributed by atoms with Crippen molar-refractivity contribution in [1.29, 1.82) is 0 Å². The lowest BCUT2D eigenvalue weighted by molar-refractivity contribution is 0.717. The van der Waals surface area contributed by atoms with Gasteiger partial charge in [-0.05, 0) is 105 Å². The average Bonchev–Trinajstić information content (AvgIpc) is 2.91. The zero-order valence-corrected chi connectivity index (χ0v) is 22.3. The van der Waals surface area contributed by atoms with Crippen LogP contribution in [0, 0.1) is 13.8 Å². The molecule has 36 heavy (non-hydrogen) atoms. The van der Waals surface area contributed by atoms with E-state index >= 15 is 0 Å². The molecular formula is C35H41N. The maximum Gasteiger partial charge on any atom is 0.0461 e. The number of hydrogen-bond donors (Lipinski definition) is 0. The van der Waals surface area contributed by atoms with Crippen LogP contribution in [0.3, 0.4) is 0 Å². The van der Waals surface area contributed by atoms with E-state index in [2.05, 4.69) is 123 Å². The number of aryl methyl sites for hydroxylation is 5. The summed E-state index contributed by atoms with van der Waals surface area (Å²) in [5.74, 6) is 0. The van der Waals surface area contributed by atoms with Crippen molar-refractivity contribution in [3.05, 3.63) is 125 Å². The molecule has 4 aromatic rings. The van der Waals surface area contributed by atoms with Gasteiger partial charge in [0, 0.05) is 17.1 Å². The summed E-state index contributed by atoms with van der Waals surface area (Å²) in [7, 11) is 0. The van der Waals surface area contributed by atoms with Crippen molar-refractivity contribution in [1.82, 2.24) is 0 Å². The molecule has 0 aliphatic carbocycles. The Morgan fingerprint density at radius 2 is 0.722 bits per heavy atom. The lowest BCUT2D eigenvalue weighted by Crippen LogP contribution is -2.10. The van der Waals surface area contributed by atoms with Crippen molar-refractivity contribution in [3.63, 3.8) is 0 Å². The van der Waals surface area contributed by atoms with Gasteiger partial charge in [-0.1, -0.05) is 91.6 Å². The van der Waals surface area contributed by atoms with Crippen molar-refractivity contribution in [2.45, 2.75) is 72.1 Å². The van der Waals surface area contributed by atoms with E-state index in [0.29, 0.717) is 0 Å². The molecule has 0 bridgehead atoms. The molecule has 186 valence electrons. The molecule has 4 aromatic carbocycles. The maximum absolute atomic E-state index is 2.37. The monoisotopic (exact) mass is 475 g/mol. The molecule has 0 aliphatic rings. The van der Waals surface area contributed by atoms with Gasteiger partial charge in [0.25, 0.3) is 0 Å². The number of unbranched alkanes of at least 4 members (excludes halogenated alkanes) is 3. The van der Waals surface area contributed by atoms with Gasteiger partial charge in [0.15, 0.2) is 0 Å². The van der Waals surface area contributed by atoms with Crippen LogP contribution >= 0.6 is 0 Å². The molecule has 0 unspecified atom stereocenters. The van der Waals surface area contributed by atoms with Gasteiger partial charge in [-0.25, -0.2) is 0 Å². The fraction of sp³-hybridized carbons (Fsp3) is 0.314. The van der Waals surface area contributed by atoms with Crippen LogP contribution in [0.1, 0.15) is 66.8 Å². The van der Waals surface area contributed by atoms with E-state index in [1.54, 1.807) is 0 Å². The lowest BCUT2D eigenvalue weighted by Gasteiger charge is -2.26. The molecule has 0 N–H and O–H groups in total. The number of rotatable bonds is 12. The van der Waals surface area contributed by atoms with Gasteiger partial charge < -0.3 is 4.90 Å². The maximum atomic E-state index is 2.37. The Morgan fingerprint density at radius 1 is 0.417 bits per heavy atom. The van der Waals surface area contributed by atoms with Crippen LogP contribution in [0.15, 0.2) is 97.1 Å². The third-order valence-electron chi connectivity index (χ3n) is 7.05. The summed E-state index contributed by atoms with van der Waals surface area (Å²) in [4.78, 5) is 2.37. The molecule has 4 rings (SSSR count). The van der Waals surface area contributed by atoms with Gasteiger partial charge in [0.1, 0.15) is 0 Å². The van der Waals surface area contributed by atoms with Crippen molar-refractivity contribution in [2.24, 2.45) is 0 Å². The van der Waals surface area contributed by atoms with E-state index in [9.17, 15) is 0 Å². The molecule has 0 aromatic heterocycles. The molecular weight excluding hydrogens is 434 g/mol. The summed E-state index contributed by atoms with van der Waals surface area (Å²) in [5.41, 5.74) is 10.5. The highest BCUT2D eigenvalue weighted by atomic mass is 15.1. The molecule has 0 saturated heterocycles. The summed E-state index contributed by atoms with van der Waals surface area (Å²) < 4.78 is 0. The van der Waals surface area contributed by atoms with E-state index in [4.69, 9.17) is 0 Å². The second-order valence-electron chi connectivity index (χ2n) is 10.2. The highest BCUT2D eigenvalue weighted by Crippen LogP contribution is 2.35. The minimum atomic E-state index is 1.13. The van der Waals surface area contributed by atoms with Gasteiger partial charge in [-0.3, -0.25) is 0 Å².